The van der Waals surface area contributed by atoms with E-state index in [9.17, 15) is 0 Å². The van der Waals surface area contributed by atoms with Gasteiger partial charge in [0.2, 0.25) is 0 Å². The van der Waals surface area contributed by atoms with Gasteiger partial charge >= 0.3 is 0 Å². The van der Waals surface area contributed by atoms with Crippen LogP contribution in [0.1, 0.15) is 0 Å². The number of hydrogen-bond acceptors (Lipinski definition) is 1. The zero-order valence-corrected chi connectivity index (χ0v) is 11.7. The van der Waals surface area contributed by atoms with Crippen LogP contribution >= 0.6 is 26.5 Å². The Hall–Kier alpha value is -1.00. The Morgan fingerprint density at radius 1 is 0.706 bits per heavy atom. The van der Waals surface area contributed by atoms with Gasteiger partial charge in [-0.05, 0) is 19.3 Å². The smallest absolute Gasteiger partial charge is 0.0669 e. The summed E-state index contributed by atoms with van der Waals surface area (Å²) in [5.74, 6) is 0. The van der Waals surface area contributed by atoms with Crippen molar-refractivity contribution in [2.75, 3.05) is 0 Å². The number of rotatable bonds is 2. The van der Waals surface area contributed by atoms with Crippen molar-refractivity contribution in [1.29, 1.82) is 0 Å². The van der Waals surface area contributed by atoms with Crippen molar-refractivity contribution in [2.45, 2.75) is 0 Å². The van der Waals surface area contributed by atoms with E-state index in [4.69, 9.17) is 0 Å². The van der Waals surface area contributed by atoms with Gasteiger partial charge in [-0.3, -0.25) is 0 Å². The molecule has 1 heterocycles. The summed E-state index contributed by atoms with van der Waals surface area (Å²) in [6.07, 6.45) is 0. The molecule has 3 aromatic rings. The van der Waals surface area contributed by atoms with Crippen LogP contribution in [0.3, 0.4) is 0 Å². The van der Waals surface area contributed by atoms with E-state index in [0.29, 0.717) is 0 Å². The van der Waals surface area contributed by atoms with Crippen LogP contribution in [0.4, 0.5) is 0 Å². The van der Waals surface area contributed by atoms with Gasteiger partial charge in [0.25, 0.3) is 0 Å². The van der Waals surface area contributed by atoms with Crippen molar-refractivity contribution < 1.29 is 0 Å². The third-order valence-corrected chi connectivity index (χ3v) is 7.70. The van der Waals surface area contributed by atoms with Crippen LogP contribution in [0, 0.1) is 0 Å². The van der Waals surface area contributed by atoms with Crippen LogP contribution in [-0.2, 0) is 0 Å². The van der Waals surface area contributed by atoms with E-state index >= 15 is 0 Å². The lowest BCUT2D eigenvalue weighted by molar-refractivity contribution is 1.72. The van der Waals surface area contributed by atoms with Crippen LogP contribution < -0.4 is 0 Å². The lowest BCUT2D eigenvalue weighted by Crippen LogP contribution is -1.66. The Kier molecular flexibility index (Phi) is 3.34. The zero-order valence-electron chi connectivity index (χ0n) is 9.08. The van der Waals surface area contributed by atoms with Gasteiger partial charge in [-0.25, -0.2) is 0 Å². The quantitative estimate of drug-likeness (QED) is 0.517. The van der Waals surface area contributed by atoms with Crippen LogP contribution in [0.15, 0.2) is 60.7 Å². The standard InChI is InChI=1S/C14H10P2S/c1-3-7-11(8-4-1)13-15-14(17-16-13)12-9-5-2-6-10-12/h1-10H. The van der Waals surface area contributed by atoms with E-state index in [2.05, 4.69) is 60.7 Å². The largest absolute Gasteiger partial charge is 0.106 e. The molecule has 0 atom stereocenters. The predicted octanol–water partition coefficient (Wildman–Crippen LogP) is 6.24. The summed E-state index contributed by atoms with van der Waals surface area (Å²) >= 11 is 0. The predicted molar refractivity (Wildman–Crippen MR) is 80.2 cm³/mol. The highest BCUT2D eigenvalue weighted by atomic mass is 32.5. The highest BCUT2D eigenvalue weighted by molar-refractivity contribution is 7.91. The van der Waals surface area contributed by atoms with Crippen molar-refractivity contribution in [1.82, 2.24) is 0 Å². The van der Waals surface area contributed by atoms with E-state index in [0.717, 1.165) is 0 Å². The normalized spacial score (nSPS) is 11.3. The molecule has 0 aliphatic rings. The molecule has 0 amide bonds. The summed E-state index contributed by atoms with van der Waals surface area (Å²) in [4.78, 5) is 0. The average molecular weight is 272 g/mol. The van der Waals surface area contributed by atoms with E-state index in [-0.39, 0.29) is 0 Å². The molecule has 0 bridgehead atoms. The average Bonchev–Trinajstić information content (AvgIpc) is 2.90. The Labute approximate surface area is 108 Å². The molecule has 82 valence electrons. The third-order valence-electron chi connectivity index (χ3n) is 2.48. The highest BCUT2D eigenvalue weighted by Crippen LogP contribution is 2.49. The molecule has 1 aromatic heterocycles. The van der Waals surface area contributed by atoms with E-state index < -0.39 is 0 Å². The minimum absolute atomic E-state index is 1.36. The summed E-state index contributed by atoms with van der Waals surface area (Å²) < 4.78 is 1.46. The molecular formula is C14H10P2S. The Balaban J connectivity index is 1.99. The molecule has 0 saturated heterocycles. The van der Waals surface area contributed by atoms with Gasteiger partial charge in [-0.15, -0.1) is 10.9 Å². The van der Waals surface area contributed by atoms with E-state index in [1.54, 1.807) is 0 Å². The van der Waals surface area contributed by atoms with Gasteiger partial charge in [0.05, 0.1) is 4.61 Å². The van der Waals surface area contributed by atoms with E-state index in [1.807, 2.05) is 10.9 Å². The molecule has 2 aromatic carbocycles. The summed E-state index contributed by atoms with van der Waals surface area (Å²) in [6.45, 7) is 0. The second-order valence-electron chi connectivity index (χ2n) is 3.66. The van der Waals surface area contributed by atoms with Crippen molar-refractivity contribution in [2.24, 2.45) is 0 Å². The summed E-state index contributed by atoms with van der Waals surface area (Å²) in [5.41, 5.74) is 2.73. The molecule has 0 unspecified atom stereocenters. The molecule has 0 aliphatic heterocycles. The van der Waals surface area contributed by atoms with Gasteiger partial charge in [0.15, 0.2) is 0 Å². The van der Waals surface area contributed by atoms with Crippen molar-refractivity contribution >= 4 is 26.5 Å². The summed E-state index contributed by atoms with van der Waals surface area (Å²) in [5, 5.41) is 1.49. The van der Waals surface area contributed by atoms with Gasteiger partial charge in [0.1, 0.15) is 0 Å². The van der Waals surface area contributed by atoms with Crippen LogP contribution in [-0.4, -0.2) is 0 Å². The highest BCUT2D eigenvalue weighted by Gasteiger charge is 2.05. The number of benzene rings is 2. The molecule has 3 heteroatoms. The van der Waals surface area contributed by atoms with Crippen molar-refractivity contribution in [3.05, 3.63) is 60.7 Å². The zero-order chi connectivity index (χ0) is 11.5. The monoisotopic (exact) mass is 272 g/mol. The maximum Gasteiger partial charge on any atom is 0.0669 e. The molecule has 3 rings (SSSR count). The minimum Gasteiger partial charge on any atom is -0.106 e. The minimum atomic E-state index is 1.36. The first-order valence-electron chi connectivity index (χ1n) is 5.38. The molecule has 0 N–H and O–H groups in total. The van der Waals surface area contributed by atoms with Gasteiger partial charge in [-0.2, -0.15) is 0 Å². The fourth-order valence-electron chi connectivity index (χ4n) is 1.63. The van der Waals surface area contributed by atoms with Crippen LogP contribution in [0.2, 0.25) is 0 Å². The molecule has 0 radical (unpaired) electrons. The Morgan fingerprint density at radius 2 is 1.29 bits per heavy atom. The first kappa shape index (κ1) is 11.1. The molecule has 0 saturated carbocycles. The lowest BCUT2D eigenvalue weighted by atomic mass is 10.2. The fourth-order valence-corrected chi connectivity index (χ4v) is 6.77. The SMILES string of the molecule is c1ccc(-c2psc(-c3ccccc3)p2)cc1. The molecule has 0 aliphatic carbocycles. The molecule has 0 fully saturated rings. The third kappa shape index (κ3) is 2.48. The first-order valence-corrected chi connectivity index (χ1v) is 8.59. The summed E-state index contributed by atoms with van der Waals surface area (Å²) in [6, 6.07) is 21.4. The molecule has 0 nitrogen and oxygen atoms in total. The summed E-state index contributed by atoms with van der Waals surface area (Å²) in [7, 11) is 4.68. The van der Waals surface area contributed by atoms with Gasteiger partial charge in [0, 0.05) is 12.4 Å². The van der Waals surface area contributed by atoms with E-state index in [1.165, 1.54) is 36.3 Å². The number of hydrogen-bond donors (Lipinski definition) is 0. The maximum atomic E-state index is 2.20. The molecule has 17 heavy (non-hydrogen) atoms. The topological polar surface area (TPSA) is 0 Å². The Bertz CT molecular complexity index is 548. The fraction of sp³-hybridized carbons (Fsp3) is 0. The van der Waals surface area contributed by atoms with Gasteiger partial charge in [-0.1, -0.05) is 60.7 Å². The van der Waals surface area contributed by atoms with Crippen molar-refractivity contribution in [3.8, 4) is 20.8 Å². The first-order chi connectivity index (χ1) is 8.43. The molecule has 0 spiro atoms. The second kappa shape index (κ2) is 5.10. The maximum absolute atomic E-state index is 2.20. The van der Waals surface area contributed by atoms with Crippen LogP contribution in [0.25, 0.3) is 20.8 Å². The van der Waals surface area contributed by atoms with Gasteiger partial charge < -0.3 is 0 Å². The Morgan fingerprint density at radius 3 is 1.94 bits per heavy atom. The van der Waals surface area contributed by atoms with Crippen molar-refractivity contribution in [3.63, 3.8) is 0 Å². The second-order valence-corrected chi connectivity index (χ2v) is 7.74. The lowest BCUT2D eigenvalue weighted by Gasteiger charge is -1.95. The van der Waals surface area contributed by atoms with Crippen LogP contribution in [0.5, 0.6) is 0 Å². The molecular weight excluding hydrogens is 262 g/mol.